The lowest BCUT2D eigenvalue weighted by atomic mass is 9.99. The fraction of sp³-hybridized carbons (Fsp3) is 0.458. The molecule has 29 heavy (non-hydrogen) atoms. The van der Waals surface area contributed by atoms with Crippen LogP contribution in [0.3, 0.4) is 0 Å². The van der Waals surface area contributed by atoms with Gasteiger partial charge in [-0.05, 0) is 61.9 Å². The molecule has 4 nitrogen and oxygen atoms in total. The van der Waals surface area contributed by atoms with Crippen LogP contribution in [0.4, 0.5) is 10.1 Å². The van der Waals surface area contributed by atoms with E-state index in [0.29, 0.717) is 6.42 Å². The maximum Gasteiger partial charge on any atom is 0.261 e. The van der Waals surface area contributed by atoms with Crippen molar-refractivity contribution in [2.24, 2.45) is 5.92 Å². The van der Waals surface area contributed by atoms with Gasteiger partial charge in [-0.25, -0.2) is 4.39 Å². The highest BCUT2D eigenvalue weighted by molar-refractivity contribution is 5.81. The monoisotopic (exact) mass is 398 g/mol. The SMILES string of the molecule is CC[C@H](Oc1ccccc1F)C(=O)N[C@@H](C)c1ccc(N2CCC[C@H](C)C2)cc1. The van der Waals surface area contributed by atoms with Crippen molar-refractivity contribution in [3.05, 3.63) is 59.9 Å². The number of para-hydroxylation sites is 1. The molecule has 5 heteroatoms. The summed E-state index contributed by atoms with van der Waals surface area (Å²) in [5.74, 6) is 0.121. The maximum absolute atomic E-state index is 13.8. The molecule has 1 aliphatic heterocycles. The summed E-state index contributed by atoms with van der Waals surface area (Å²) in [7, 11) is 0. The molecule has 0 bridgehead atoms. The highest BCUT2D eigenvalue weighted by Gasteiger charge is 2.22. The molecule has 0 radical (unpaired) electrons. The van der Waals surface area contributed by atoms with Gasteiger partial charge in [-0.15, -0.1) is 0 Å². The van der Waals surface area contributed by atoms with Crippen LogP contribution >= 0.6 is 0 Å². The molecule has 0 spiro atoms. The van der Waals surface area contributed by atoms with Crippen LogP contribution in [-0.4, -0.2) is 25.1 Å². The van der Waals surface area contributed by atoms with E-state index in [0.717, 1.165) is 24.6 Å². The van der Waals surface area contributed by atoms with E-state index in [1.165, 1.54) is 30.7 Å². The van der Waals surface area contributed by atoms with E-state index in [-0.39, 0.29) is 17.7 Å². The van der Waals surface area contributed by atoms with Crippen molar-refractivity contribution >= 4 is 11.6 Å². The minimum atomic E-state index is -0.733. The Balaban J connectivity index is 1.60. The Labute approximate surface area is 173 Å². The number of amides is 1. The third-order valence-corrected chi connectivity index (χ3v) is 5.54. The molecule has 156 valence electrons. The van der Waals surface area contributed by atoms with Crippen molar-refractivity contribution in [3.63, 3.8) is 0 Å². The molecule has 1 amide bonds. The summed E-state index contributed by atoms with van der Waals surface area (Å²) < 4.78 is 19.4. The summed E-state index contributed by atoms with van der Waals surface area (Å²) in [6, 6.07) is 14.4. The van der Waals surface area contributed by atoms with E-state index in [1.54, 1.807) is 12.1 Å². The van der Waals surface area contributed by atoms with Crippen LogP contribution in [0.25, 0.3) is 0 Å². The Morgan fingerprint density at radius 1 is 1.24 bits per heavy atom. The van der Waals surface area contributed by atoms with Crippen LogP contribution in [0.15, 0.2) is 48.5 Å². The lowest BCUT2D eigenvalue weighted by molar-refractivity contribution is -0.128. The fourth-order valence-electron chi connectivity index (χ4n) is 3.80. The van der Waals surface area contributed by atoms with Crippen molar-refractivity contribution in [1.29, 1.82) is 0 Å². The van der Waals surface area contributed by atoms with Crippen molar-refractivity contribution in [2.75, 3.05) is 18.0 Å². The molecular weight excluding hydrogens is 367 g/mol. The number of ether oxygens (including phenoxy) is 1. The molecule has 1 aliphatic rings. The number of halogens is 1. The first kappa shape index (κ1) is 21.2. The fourth-order valence-corrected chi connectivity index (χ4v) is 3.80. The van der Waals surface area contributed by atoms with Gasteiger partial charge in [0, 0.05) is 18.8 Å². The van der Waals surface area contributed by atoms with Gasteiger partial charge in [-0.3, -0.25) is 4.79 Å². The molecule has 1 saturated heterocycles. The predicted octanol–water partition coefficient (Wildman–Crippen LogP) is 5.10. The zero-order valence-electron chi connectivity index (χ0n) is 17.5. The summed E-state index contributed by atoms with van der Waals surface area (Å²) in [6.07, 6.45) is 2.25. The van der Waals surface area contributed by atoms with Gasteiger partial charge < -0.3 is 15.0 Å². The standard InChI is InChI=1S/C24H31FN2O2/c1-4-22(29-23-10-6-5-9-21(23)25)24(28)26-18(3)19-11-13-20(14-12-19)27-15-7-8-17(2)16-27/h5-6,9-14,17-18,22H,4,7-8,15-16H2,1-3H3,(H,26,28)/t17-,18-,22-/m0/s1. The molecule has 3 rings (SSSR count). The third-order valence-electron chi connectivity index (χ3n) is 5.54. The smallest absolute Gasteiger partial charge is 0.261 e. The first-order valence-electron chi connectivity index (χ1n) is 10.5. The van der Waals surface area contributed by atoms with Gasteiger partial charge in [0.2, 0.25) is 0 Å². The summed E-state index contributed by atoms with van der Waals surface area (Å²) in [6.45, 7) is 8.29. The highest BCUT2D eigenvalue weighted by Crippen LogP contribution is 2.25. The first-order valence-corrected chi connectivity index (χ1v) is 10.5. The molecule has 0 saturated carbocycles. The van der Waals surface area contributed by atoms with Crippen LogP contribution in [-0.2, 0) is 4.79 Å². The summed E-state index contributed by atoms with van der Waals surface area (Å²) in [5.41, 5.74) is 2.26. The van der Waals surface area contributed by atoms with Crippen molar-refractivity contribution in [1.82, 2.24) is 5.32 Å². The number of carbonyl (C=O) groups is 1. The molecular formula is C24H31FN2O2. The molecule has 1 fully saturated rings. The van der Waals surface area contributed by atoms with Crippen LogP contribution in [0.5, 0.6) is 5.75 Å². The Morgan fingerprint density at radius 3 is 2.62 bits per heavy atom. The van der Waals surface area contributed by atoms with Gasteiger partial charge in [0.15, 0.2) is 17.7 Å². The Bertz CT molecular complexity index is 809. The quantitative estimate of drug-likeness (QED) is 0.706. The Kier molecular flexibility index (Phi) is 7.13. The Morgan fingerprint density at radius 2 is 1.97 bits per heavy atom. The van der Waals surface area contributed by atoms with E-state index in [4.69, 9.17) is 4.74 Å². The van der Waals surface area contributed by atoms with Gasteiger partial charge in [-0.1, -0.05) is 38.1 Å². The number of hydrogen-bond donors (Lipinski definition) is 1. The van der Waals surface area contributed by atoms with Crippen LogP contribution in [0, 0.1) is 11.7 Å². The summed E-state index contributed by atoms with van der Waals surface area (Å²) >= 11 is 0. The van der Waals surface area contributed by atoms with Gasteiger partial charge in [0.1, 0.15) is 0 Å². The first-order chi connectivity index (χ1) is 14.0. The normalized spacial score (nSPS) is 18.8. The third kappa shape index (κ3) is 5.49. The number of nitrogens with zero attached hydrogens (tertiary/aromatic N) is 1. The van der Waals surface area contributed by atoms with Gasteiger partial charge in [0.25, 0.3) is 5.91 Å². The lowest BCUT2D eigenvalue weighted by Crippen LogP contribution is -2.39. The van der Waals surface area contributed by atoms with Crippen LogP contribution < -0.4 is 15.0 Å². The topological polar surface area (TPSA) is 41.6 Å². The van der Waals surface area contributed by atoms with Gasteiger partial charge >= 0.3 is 0 Å². The molecule has 2 aromatic rings. The van der Waals surface area contributed by atoms with Crippen LogP contribution in [0.1, 0.15) is 51.6 Å². The molecule has 1 heterocycles. The van der Waals surface area contributed by atoms with E-state index >= 15 is 0 Å². The minimum Gasteiger partial charge on any atom is -0.478 e. The van der Waals surface area contributed by atoms with Gasteiger partial charge in [-0.2, -0.15) is 0 Å². The number of carbonyl (C=O) groups excluding carboxylic acids is 1. The zero-order valence-corrected chi connectivity index (χ0v) is 17.5. The molecule has 0 unspecified atom stereocenters. The second-order valence-electron chi connectivity index (χ2n) is 7.96. The average molecular weight is 399 g/mol. The van der Waals surface area contributed by atoms with Gasteiger partial charge in [0.05, 0.1) is 6.04 Å². The largest absolute Gasteiger partial charge is 0.478 e. The van der Waals surface area contributed by atoms with E-state index in [2.05, 4.69) is 41.4 Å². The number of rotatable bonds is 7. The molecule has 2 aromatic carbocycles. The van der Waals surface area contributed by atoms with Crippen molar-refractivity contribution < 1.29 is 13.9 Å². The summed E-state index contributed by atoms with van der Waals surface area (Å²) in [4.78, 5) is 15.1. The molecule has 0 aromatic heterocycles. The molecule has 3 atom stereocenters. The number of anilines is 1. The Hall–Kier alpha value is -2.56. The average Bonchev–Trinajstić information content (AvgIpc) is 2.73. The van der Waals surface area contributed by atoms with E-state index in [9.17, 15) is 9.18 Å². The van der Waals surface area contributed by atoms with Crippen molar-refractivity contribution in [3.8, 4) is 5.75 Å². The summed E-state index contributed by atoms with van der Waals surface area (Å²) in [5, 5.41) is 2.99. The maximum atomic E-state index is 13.8. The lowest BCUT2D eigenvalue weighted by Gasteiger charge is -2.33. The van der Waals surface area contributed by atoms with Crippen LogP contribution in [0.2, 0.25) is 0 Å². The van der Waals surface area contributed by atoms with E-state index < -0.39 is 11.9 Å². The highest BCUT2D eigenvalue weighted by atomic mass is 19.1. The second kappa shape index (κ2) is 9.77. The number of nitrogens with one attached hydrogen (secondary N) is 1. The number of piperidine rings is 1. The van der Waals surface area contributed by atoms with Crippen molar-refractivity contribution in [2.45, 2.75) is 52.2 Å². The number of benzene rings is 2. The predicted molar refractivity (Wildman–Crippen MR) is 115 cm³/mol. The zero-order chi connectivity index (χ0) is 20.8. The molecule has 0 aliphatic carbocycles. The second-order valence-corrected chi connectivity index (χ2v) is 7.96. The number of hydrogen-bond acceptors (Lipinski definition) is 3. The van der Waals surface area contributed by atoms with E-state index in [1.807, 2.05) is 13.8 Å². The molecule has 1 N–H and O–H groups in total. The minimum absolute atomic E-state index is 0.0993.